The molecule has 0 unspecified atom stereocenters. The topological polar surface area (TPSA) is 45.6 Å². The van der Waals surface area contributed by atoms with E-state index in [9.17, 15) is 0 Å². The van der Waals surface area contributed by atoms with Crippen LogP contribution in [-0.4, -0.2) is 21.1 Å². The molecular formula is C15H16N4. The van der Waals surface area contributed by atoms with Gasteiger partial charge in [-0.2, -0.15) is 0 Å². The Labute approximate surface area is 111 Å². The number of hydrogen-bond donors (Lipinski definition) is 2. The van der Waals surface area contributed by atoms with Crippen LogP contribution in [0, 0.1) is 6.92 Å². The number of rotatable bonds is 1. The normalized spacial score (nSPS) is 14.8. The minimum Gasteiger partial charge on any atom is -0.358 e. The second kappa shape index (κ2) is 3.96. The Bertz CT molecular complexity index is 751. The minimum atomic E-state index is 0.863. The lowest BCUT2D eigenvalue weighted by Gasteiger charge is -2.17. The van der Waals surface area contributed by atoms with E-state index in [1.54, 1.807) is 0 Å². The van der Waals surface area contributed by atoms with Gasteiger partial charge >= 0.3 is 0 Å². The number of hydrogen-bond acceptors (Lipinski definition) is 2. The van der Waals surface area contributed by atoms with Crippen LogP contribution in [0.25, 0.3) is 22.2 Å². The van der Waals surface area contributed by atoms with Gasteiger partial charge in [-0.1, -0.05) is 18.2 Å². The third-order valence-corrected chi connectivity index (χ3v) is 3.88. The van der Waals surface area contributed by atoms with Crippen LogP contribution in [0.2, 0.25) is 0 Å². The van der Waals surface area contributed by atoms with Gasteiger partial charge in [0.2, 0.25) is 0 Å². The fraction of sp³-hybridized carbons (Fsp3) is 0.267. The summed E-state index contributed by atoms with van der Waals surface area (Å²) in [6.45, 7) is 5.00. The fourth-order valence-corrected chi connectivity index (χ4v) is 3.00. The molecule has 4 nitrogen and oxygen atoms in total. The van der Waals surface area contributed by atoms with E-state index in [-0.39, 0.29) is 0 Å². The zero-order valence-corrected chi connectivity index (χ0v) is 10.9. The number of aromatic amines is 1. The molecule has 2 aromatic heterocycles. The maximum absolute atomic E-state index is 4.55. The van der Waals surface area contributed by atoms with E-state index >= 15 is 0 Å². The molecule has 1 aliphatic heterocycles. The van der Waals surface area contributed by atoms with Gasteiger partial charge < -0.3 is 14.9 Å². The highest BCUT2D eigenvalue weighted by Crippen LogP contribution is 2.32. The number of para-hydroxylation sites is 1. The average molecular weight is 252 g/mol. The van der Waals surface area contributed by atoms with Crippen LogP contribution in [0.5, 0.6) is 0 Å². The Morgan fingerprint density at radius 2 is 2.16 bits per heavy atom. The van der Waals surface area contributed by atoms with Crippen molar-refractivity contribution in [1.29, 1.82) is 0 Å². The van der Waals surface area contributed by atoms with Gasteiger partial charge in [0.05, 0.1) is 18.4 Å². The molecule has 3 heterocycles. The molecule has 0 aliphatic carbocycles. The van der Waals surface area contributed by atoms with Crippen LogP contribution in [-0.2, 0) is 13.1 Å². The van der Waals surface area contributed by atoms with Crippen molar-refractivity contribution in [1.82, 2.24) is 19.9 Å². The van der Waals surface area contributed by atoms with E-state index < -0.39 is 0 Å². The quantitative estimate of drug-likeness (QED) is 0.698. The van der Waals surface area contributed by atoms with Crippen LogP contribution in [0.3, 0.4) is 0 Å². The first-order valence-corrected chi connectivity index (χ1v) is 6.67. The highest BCUT2D eigenvalue weighted by atomic mass is 15.2. The number of H-pyrrole nitrogens is 1. The third-order valence-electron chi connectivity index (χ3n) is 3.88. The molecule has 19 heavy (non-hydrogen) atoms. The summed E-state index contributed by atoms with van der Waals surface area (Å²) in [5.41, 5.74) is 4.92. The van der Waals surface area contributed by atoms with Crippen molar-refractivity contribution >= 4 is 10.9 Å². The summed E-state index contributed by atoms with van der Waals surface area (Å²) in [5.74, 6) is 1.13. The van der Waals surface area contributed by atoms with Crippen molar-refractivity contribution < 1.29 is 0 Å². The zero-order valence-electron chi connectivity index (χ0n) is 10.9. The summed E-state index contributed by atoms with van der Waals surface area (Å²) < 4.78 is 2.33. The minimum absolute atomic E-state index is 0.863. The number of nitrogens with one attached hydrogen (secondary N) is 2. The van der Waals surface area contributed by atoms with Crippen molar-refractivity contribution in [2.45, 2.75) is 20.0 Å². The van der Waals surface area contributed by atoms with Crippen LogP contribution in [0.1, 0.15) is 11.5 Å². The van der Waals surface area contributed by atoms with Gasteiger partial charge in [-0.25, -0.2) is 4.98 Å². The molecule has 0 radical (unpaired) electrons. The number of benzene rings is 1. The molecule has 1 aromatic carbocycles. The number of imidazole rings is 1. The summed E-state index contributed by atoms with van der Waals surface area (Å²) in [4.78, 5) is 8.01. The lowest BCUT2D eigenvalue weighted by Crippen LogP contribution is -2.28. The highest BCUT2D eigenvalue weighted by Gasteiger charge is 2.18. The first-order valence-electron chi connectivity index (χ1n) is 6.67. The number of aromatic nitrogens is 3. The molecule has 96 valence electrons. The summed E-state index contributed by atoms with van der Waals surface area (Å²) in [6, 6.07) is 8.46. The van der Waals surface area contributed by atoms with Gasteiger partial charge in [0.25, 0.3) is 0 Å². The fourth-order valence-electron chi connectivity index (χ4n) is 3.00. The van der Waals surface area contributed by atoms with E-state index in [2.05, 4.69) is 51.0 Å². The van der Waals surface area contributed by atoms with E-state index in [4.69, 9.17) is 0 Å². The van der Waals surface area contributed by atoms with Gasteiger partial charge in [-0.15, -0.1) is 0 Å². The van der Waals surface area contributed by atoms with E-state index in [1.807, 2.05) is 6.20 Å². The lowest BCUT2D eigenvalue weighted by molar-refractivity contribution is 0.508. The molecule has 0 spiro atoms. The van der Waals surface area contributed by atoms with Crippen molar-refractivity contribution in [3.8, 4) is 11.3 Å². The second-order valence-electron chi connectivity index (χ2n) is 5.06. The molecule has 0 fully saturated rings. The first kappa shape index (κ1) is 10.8. The summed E-state index contributed by atoms with van der Waals surface area (Å²) >= 11 is 0. The zero-order chi connectivity index (χ0) is 12.8. The second-order valence-corrected chi connectivity index (χ2v) is 5.06. The molecule has 3 aromatic rings. The standard InChI is InChI=1S/C15H16N4/c1-10-15(11-4-2-3-5-12(11)18-10)13-8-17-14-9-16-6-7-19(13)14/h2-5,8,16,18H,6-7,9H2,1H3. The molecule has 2 N–H and O–H groups in total. The molecule has 0 saturated heterocycles. The third kappa shape index (κ3) is 1.53. The largest absolute Gasteiger partial charge is 0.358 e. The maximum atomic E-state index is 4.55. The Kier molecular flexibility index (Phi) is 2.26. The molecular weight excluding hydrogens is 236 g/mol. The van der Waals surface area contributed by atoms with Crippen molar-refractivity contribution in [3.63, 3.8) is 0 Å². The Morgan fingerprint density at radius 1 is 1.26 bits per heavy atom. The molecule has 0 amide bonds. The number of fused-ring (bicyclic) bond motifs is 2. The Hall–Kier alpha value is -2.07. The van der Waals surface area contributed by atoms with Crippen molar-refractivity contribution in [2.24, 2.45) is 0 Å². The molecule has 0 bridgehead atoms. The van der Waals surface area contributed by atoms with Gasteiger partial charge in [0.1, 0.15) is 5.82 Å². The average Bonchev–Trinajstić information content (AvgIpc) is 2.98. The van der Waals surface area contributed by atoms with Gasteiger partial charge in [-0.3, -0.25) is 0 Å². The summed E-state index contributed by atoms with van der Waals surface area (Å²) in [5, 5.41) is 4.64. The van der Waals surface area contributed by atoms with Crippen molar-refractivity contribution in [3.05, 3.63) is 42.0 Å². The smallest absolute Gasteiger partial charge is 0.123 e. The van der Waals surface area contributed by atoms with Gasteiger partial charge in [0.15, 0.2) is 0 Å². The summed E-state index contributed by atoms with van der Waals surface area (Å²) in [6.07, 6.45) is 2.00. The van der Waals surface area contributed by atoms with Gasteiger partial charge in [0, 0.05) is 35.2 Å². The Morgan fingerprint density at radius 3 is 3.11 bits per heavy atom. The Balaban J connectivity index is 2.00. The predicted octanol–water partition coefficient (Wildman–Crippen LogP) is 2.44. The van der Waals surface area contributed by atoms with Gasteiger partial charge in [-0.05, 0) is 13.0 Å². The molecule has 4 rings (SSSR count). The van der Waals surface area contributed by atoms with E-state index in [0.29, 0.717) is 0 Å². The van der Waals surface area contributed by atoms with Crippen molar-refractivity contribution in [2.75, 3.05) is 6.54 Å². The van der Waals surface area contributed by atoms with Crippen LogP contribution in [0.15, 0.2) is 30.5 Å². The summed E-state index contributed by atoms with van der Waals surface area (Å²) in [7, 11) is 0. The number of aryl methyl sites for hydroxylation is 1. The van der Waals surface area contributed by atoms with E-state index in [1.165, 1.54) is 27.9 Å². The van der Waals surface area contributed by atoms with E-state index in [0.717, 1.165) is 25.5 Å². The molecule has 1 aliphatic rings. The monoisotopic (exact) mass is 252 g/mol. The number of nitrogens with zero attached hydrogens (tertiary/aromatic N) is 2. The SMILES string of the molecule is Cc1[nH]c2ccccc2c1-c1cnc2n1CCNC2. The highest BCUT2D eigenvalue weighted by molar-refractivity contribution is 5.96. The van der Waals surface area contributed by atoms with Crippen LogP contribution >= 0.6 is 0 Å². The predicted molar refractivity (Wildman–Crippen MR) is 76.0 cm³/mol. The lowest BCUT2D eigenvalue weighted by atomic mass is 10.1. The van der Waals surface area contributed by atoms with Crippen LogP contribution in [0.4, 0.5) is 0 Å². The molecule has 0 atom stereocenters. The molecule has 0 saturated carbocycles. The first-order chi connectivity index (χ1) is 9.34. The maximum Gasteiger partial charge on any atom is 0.123 e. The molecule has 4 heteroatoms. The van der Waals surface area contributed by atoms with Crippen LogP contribution < -0.4 is 5.32 Å².